The molecule has 0 radical (unpaired) electrons. The minimum Gasteiger partial charge on any atom is -0.378 e. The van der Waals surface area contributed by atoms with Gasteiger partial charge in [0, 0.05) is 25.8 Å². The van der Waals surface area contributed by atoms with Gasteiger partial charge in [0.15, 0.2) is 0 Å². The van der Waals surface area contributed by atoms with E-state index in [-0.39, 0.29) is 4.90 Å². The maximum absolute atomic E-state index is 12.9. The zero-order chi connectivity index (χ0) is 17.0. The third kappa shape index (κ3) is 3.37. The number of benzene rings is 1. The Morgan fingerprint density at radius 1 is 1.12 bits per heavy atom. The molecule has 1 aliphatic heterocycles. The van der Waals surface area contributed by atoms with Crippen molar-refractivity contribution in [2.24, 2.45) is 0 Å². The first-order valence-corrected chi connectivity index (χ1v) is 9.43. The summed E-state index contributed by atoms with van der Waals surface area (Å²) >= 11 is 0. The van der Waals surface area contributed by atoms with Crippen molar-refractivity contribution >= 4 is 21.5 Å². The highest BCUT2D eigenvalue weighted by Gasteiger charge is 2.24. The molecule has 0 unspecified atom stereocenters. The molecule has 0 amide bonds. The lowest BCUT2D eigenvalue weighted by atomic mass is 10.3. The molecule has 1 saturated heterocycles. The molecule has 128 valence electrons. The topological polar surface area (TPSA) is 62.7 Å². The van der Waals surface area contributed by atoms with Gasteiger partial charge in [-0.1, -0.05) is 18.2 Å². The van der Waals surface area contributed by atoms with Gasteiger partial charge >= 0.3 is 0 Å². The highest BCUT2D eigenvalue weighted by Crippen LogP contribution is 2.24. The number of pyridine rings is 1. The van der Waals surface area contributed by atoms with E-state index in [1.54, 1.807) is 24.3 Å². The number of rotatable bonds is 5. The van der Waals surface area contributed by atoms with E-state index in [0.717, 1.165) is 18.9 Å². The van der Waals surface area contributed by atoms with E-state index >= 15 is 0 Å². The van der Waals surface area contributed by atoms with E-state index in [1.807, 2.05) is 25.1 Å². The Bertz CT molecular complexity index is 757. The highest BCUT2D eigenvalue weighted by atomic mass is 32.2. The number of sulfonamides is 1. The Labute approximate surface area is 142 Å². The van der Waals surface area contributed by atoms with Crippen LogP contribution in [0, 0.1) is 0 Å². The molecule has 0 spiro atoms. The minimum atomic E-state index is -3.62. The molecule has 0 saturated carbocycles. The molecule has 2 heterocycles. The standard InChI is InChI=1S/C17H21N3O3S/c1-2-20(15-6-4-3-5-7-15)24(21,22)16-8-9-17(18-14-16)19-10-12-23-13-11-19/h3-9,14H,2,10-13H2,1H3. The van der Waals surface area contributed by atoms with E-state index in [1.165, 1.54) is 10.5 Å². The smallest absolute Gasteiger partial charge is 0.265 e. The van der Waals surface area contributed by atoms with Gasteiger partial charge in [0.25, 0.3) is 10.0 Å². The third-order valence-corrected chi connectivity index (χ3v) is 5.86. The average molecular weight is 347 g/mol. The molecule has 1 aliphatic rings. The zero-order valence-corrected chi connectivity index (χ0v) is 14.4. The molecular formula is C17H21N3O3S. The van der Waals surface area contributed by atoms with Gasteiger partial charge in [-0.2, -0.15) is 0 Å². The summed E-state index contributed by atoms with van der Waals surface area (Å²) in [7, 11) is -3.62. The maximum atomic E-state index is 12.9. The van der Waals surface area contributed by atoms with Crippen molar-refractivity contribution < 1.29 is 13.2 Å². The van der Waals surface area contributed by atoms with Gasteiger partial charge in [0.05, 0.1) is 18.9 Å². The van der Waals surface area contributed by atoms with Crippen LogP contribution < -0.4 is 9.21 Å². The largest absolute Gasteiger partial charge is 0.378 e. The fourth-order valence-electron chi connectivity index (χ4n) is 2.72. The Balaban J connectivity index is 1.86. The second-order valence-electron chi connectivity index (χ2n) is 5.46. The normalized spacial score (nSPS) is 15.3. The summed E-state index contributed by atoms with van der Waals surface area (Å²) < 4.78 is 32.5. The van der Waals surface area contributed by atoms with Crippen LogP contribution >= 0.6 is 0 Å². The number of hydrogen-bond donors (Lipinski definition) is 0. The summed E-state index contributed by atoms with van der Waals surface area (Å²) in [6.45, 7) is 5.05. The summed E-state index contributed by atoms with van der Waals surface area (Å²) in [6, 6.07) is 12.5. The number of aromatic nitrogens is 1. The molecule has 1 aromatic heterocycles. The Morgan fingerprint density at radius 3 is 2.42 bits per heavy atom. The van der Waals surface area contributed by atoms with Gasteiger partial charge in [-0.25, -0.2) is 13.4 Å². The van der Waals surface area contributed by atoms with E-state index in [4.69, 9.17) is 4.74 Å². The Hall–Kier alpha value is -2.12. The second kappa shape index (κ2) is 7.19. The third-order valence-electron chi connectivity index (χ3n) is 3.98. The van der Waals surface area contributed by atoms with Gasteiger partial charge in [-0.15, -0.1) is 0 Å². The van der Waals surface area contributed by atoms with Crippen LogP contribution in [0.5, 0.6) is 0 Å². The number of ether oxygens (including phenoxy) is 1. The quantitative estimate of drug-likeness (QED) is 0.829. The van der Waals surface area contributed by atoms with Crippen LogP contribution in [0.4, 0.5) is 11.5 Å². The number of hydrogen-bond acceptors (Lipinski definition) is 5. The van der Waals surface area contributed by atoms with E-state index < -0.39 is 10.0 Å². The lowest BCUT2D eigenvalue weighted by Gasteiger charge is -2.28. The first kappa shape index (κ1) is 16.7. The summed E-state index contributed by atoms with van der Waals surface area (Å²) in [5.41, 5.74) is 0.650. The van der Waals surface area contributed by atoms with Gasteiger partial charge in [-0.05, 0) is 31.2 Å². The lowest BCUT2D eigenvalue weighted by Crippen LogP contribution is -2.36. The molecule has 0 bridgehead atoms. The van der Waals surface area contributed by atoms with Crippen LogP contribution in [0.1, 0.15) is 6.92 Å². The molecule has 0 aliphatic carbocycles. The van der Waals surface area contributed by atoms with Gasteiger partial charge in [0.1, 0.15) is 10.7 Å². The first-order valence-electron chi connectivity index (χ1n) is 7.99. The SMILES string of the molecule is CCN(c1ccccc1)S(=O)(=O)c1ccc(N2CCOCC2)nc1. The van der Waals surface area contributed by atoms with Gasteiger partial charge < -0.3 is 9.64 Å². The Morgan fingerprint density at radius 2 is 1.83 bits per heavy atom. The number of anilines is 2. The molecule has 6 nitrogen and oxygen atoms in total. The number of nitrogens with zero attached hydrogens (tertiary/aromatic N) is 3. The van der Waals surface area contributed by atoms with Crippen LogP contribution in [-0.4, -0.2) is 46.2 Å². The summed E-state index contributed by atoms with van der Waals surface area (Å²) in [5, 5.41) is 0. The lowest BCUT2D eigenvalue weighted by molar-refractivity contribution is 0.122. The summed E-state index contributed by atoms with van der Waals surface area (Å²) in [6.07, 6.45) is 1.44. The maximum Gasteiger partial charge on any atom is 0.265 e. The van der Waals surface area contributed by atoms with Crippen molar-refractivity contribution in [1.82, 2.24) is 4.98 Å². The minimum absolute atomic E-state index is 0.199. The Kier molecular flexibility index (Phi) is 5.01. The highest BCUT2D eigenvalue weighted by molar-refractivity contribution is 7.92. The number of para-hydroxylation sites is 1. The van der Waals surface area contributed by atoms with E-state index in [9.17, 15) is 8.42 Å². The van der Waals surface area contributed by atoms with E-state index in [2.05, 4.69) is 9.88 Å². The monoisotopic (exact) mass is 347 g/mol. The van der Waals surface area contributed by atoms with Crippen LogP contribution in [0.3, 0.4) is 0 Å². The summed E-state index contributed by atoms with van der Waals surface area (Å²) in [4.78, 5) is 6.63. The fraction of sp³-hybridized carbons (Fsp3) is 0.353. The van der Waals surface area contributed by atoms with Crippen molar-refractivity contribution in [3.8, 4) is 0 Å². The number of morpholine rings is 1. The predicted octanol–water partition coefficient (Wildman–Crippen LogP) is 2.13. The molecule has 0 N–H and O–H groups in total. The predicted molar refractivity (Wildman–Crippen MR) is 93.9 cm³/mol. The van der Waals surface area contributed by atoms with Crippen molar-refractivity contribution in [2.45, 2.75) is 11.8 Å². The van der Waals surface area contributed by atoms with E-state index in [0.29, 0.717) is 25.4 Å². The molecular weight excluding hydrogens is 326 g/mol. The average Bonchev–Trinajstić information content (AvgIpc) is 2.64. The molecule has 1 aromatic carbocycles. The van der Waals surface area contributed by atoms with Crippen LogP contribution in [0.15, 0.2) is 53.6 Å². The van der Waals surface area contributed by atoms with Crippen molar-refractivity contribution in [3.63, 3.8) is 0 Å². The molecule has 7 heteroatoms. The van der Waals surface area contributed by atoms with Gasteiger partial charge in [-0.3, -0.25) is 4.31 Å². The van der Waals surface area contributed by atoms with Crippen LogP contribution in [0.25, 0.3) is 0 Å². The van der Waals surface area contributed by atoms with Crippen molar-refractivity contribution in [2.75, 3.05) is 42.1 Å². The van der Waals surface area contributed by atoms with Crippen LogP contribution in [0.2, 0.25) is 0 Å². The molecule has 2 aromatic rings. The van der Waals surface area contributed by atoms with Crippen molar-refractivity contribution in [1.29, 1.82) is 0 Å². The molecule has 1 fully saturated rings. The first-order chi connectivity index (χ1) is 11.6. The van der Waals surface area contributed by atoms with Crippen LogP contribution in [-0.2, 0) is 14.8 Å². The molecule has 3 rings (SSSR count). The zero-order valence-electron chi connectivity index (χ0n) is 13.6. The summed E-state index contributed by atoms with van der Waals surface area (Å²) in [5.74, 6) is 0.778. The second-order valence-corrected chi connectivity index (χ2v) is 7.32. The fourth-order valence-corrected chi connectivity index (χ4v) is 4.14. The molecule has 24 heavy (non-hydrogen) atoms. The molecule has 0 atom stereocenters. The van der Waals surface area contributed by atoms with Crippen molar-refractivity contribution in [3.05, 3.63) is 48.7 Å². The van der Waals surface area contributed by atoms with Gasteiger partial charge in [0.2, 0.25) is 0 Å².